The van der Waals surface area contributed by atoms with E-state index in [1.807, 2.05) is 37.2 Å². The highest BCUT2D eigenvalue weighted by Crippen LogP contribution is 2.24. The van der Waals surface area contributed by atoms with E-state index >= 15 is 0 Å². The van der Waals surface area contributed by atoms with Crippen LogP contribution in [0.15, 0.2) is 18.2 Å². The first kappa shape index (κ1) is 13.6. The Kier molecular flexibility index (Phi) is 3.90. The standard InChI is InChI=1S/C15H21N3O/c1-10-11(2)16-14-6-5-12(9-13(10)14)17-15(19)7-8-18(3)4/h5-6,9,16H,7-8H2,1-4H3,(H,17,19). The molecule has 4 heteroatoms. The van der Waals surface area contributed by atoms with Crippen LogP contribution in [0.1, 0.15) is 17.7 Å². The highest BCUT2D eigenvalue weighted by molar-refractivity contribution is 5.95. The van der Waals surface area contributed by atoms with Crippen molar-refractivity contribution in [3.63, 3.8) is 0 Å². The second-order valence-corrected chi connectivity index (χ2v) is 5.24. The van der Waals surface area contributed by atoms with Crippen molar-refractivity contribution in [1.29, 1.82) is 0 Å². The average molecular weight is 259 g/mol. The summed E-state index contributed by atoms with van der Waals surface area (Å²) in [4.78, 5) is 17.1. The molecular weight excluding hydrogens is 238 g/mol. The van der Waals surface area contributed by atoms with E-state index in [0.29, 0.717) is 6.42 Å². The van der Waals surface area contributed by atoms with Crippen LogP contribution in [0.2, 0.25) is 0 Å². The zero-order valence-electron chi connectivity index (χ0n) is 12.0. The fourth-order valence-corrected chi connectivity index (χ4v) is 2.09. The number of rotatable bonds is 4. The SMILES string of the molecule is Cc1[nH]c2ccc(NC(=O)CCN(C)C)cc2c1C. The number of benzene rings is 1. The zero-order valence-corrected chi connectivity index (χ0v) is 12.0. The molecule has 0 saturated carbocycles. The summed E-state index contributed by atoms with van der Waals surface area (Å²) in [5.41, 5.74) is 4.38. The number of fused-ring (bicyclic) bond motifs is 1. The van der Waals surface area contributed by atoms with Crippen molar-refractivity contribution in [3.05, 3.63) is 29.5 Å². The summed E-state index contributed by atoms with van der Waals surface area (Å²) in [6.45, 7) is 4.91. The highest BCUT2D eigenvalue weighted by atomic mass is 16.1. The summed E-state index contributed by atoms with van der Waals surface area (Å²) in [6.07, 6.45) is 0.510. The van der Waals surface area contributed by atoms with Gasteiger partial charge < -0.3 is 15.2 Å². The number of amides is 1. The number of carbonyl (C=O) groups excluding carboxylic acids is 1. The average Bonchev–Trinajstić information content (AvgIpc) is 2.63. The Morgan fingerprint density at radius 2 is 2.05 bits per heavy atom. The summed E-state index contributed by atoms with van der Waals surface area (Å²) in [5, 5.41) is 4.12. The summed E-state index contributed by atoms with van der Waals surface area (Å²) >= 11 is 0. The first-order chi connectivity index (χ1) is 8.97. The van der Waals surface area contributed by atoms with Crippen LogP contribution in [0.4, 0.5) is 5.69 Å². The molecule has 0 radical (unpaired) electrons. The molecule has 0 spiro atoms. The van der Waals surface area contributed by atoms with Gasteiger partial charge in [-0.3, -0.25) is 4.79 Å². The van der Waals surface area contributed by atoms with Crippen molar-refractivity contribution in [2.24, 2.45) is 0 Å². The summed E-state index contributed by atoms with van der Waals surface area (Å²) in [5.74, 6) is 0.0537. The minimum Gasteiger partial charge on any atom is -0.358 e. The number of aromatic amines is 1. The molecule has 2 N–H and O–H groups in total. The van der Waals surface area contributed by atoms with Crippen LogP contribution in [-0.2, 0) is 4.79 Å². The lowest BCUT2D eigenvalue weighted by Crippen LogP contribution is -2.20. The molecule has 102 valence electrons. The van der Waals surface area contributed by atoms with E-state index in [2.05, 4.69) is 24.1 Å². The number of hydrogen-bond acceptors (Lipinski definition) is 2. The smallest absolute Gasteiger partial charge is 0.225 e. The van der Waals surface area contributed by atoms with Crippen LogP contribution < -0.4 is 5.32 Å². The van der Waals surface area contributed by atoms with Gasteiger partial charge in [-0.15, -0.1) is 0 Å². The molecular formula is C15H21N3O. The topological polar surface area (TPSA) is 48.1 Å². The number of nitrogens with zero attached hydrogens (tertiary/aromatic N) is 1. The maximum absolute atomic E-state index is 11.8. The molecule has 1 heterocycles. The monoisotopic (exact) mass is 259 g/mol. The first-order valence-electron chi connectivity index (χ1n) is 6.51. The molecule has 19 heavy (non-hydrogen) atoms. The summed E-state index contributed by atoms with van der Waals surface area (Å²) < 4.78 is 0. The number of anilines is 1. The van der Waals surface area contributed by atoms with Gasteiger partial charge in [0.05, 0.1) is 0 Å². The normalized spacial score (nSPS) is 11.2. The minimum absolute atomic E-state index is 0.0537. The Hall–Kier alpha value is -1.81. The number of nitrogens with one attached hydrogen (secondary N) is 2. The molecule has 0 aliphatic heterocycles. The number of carbonyl (C=O) groups is 1. The molecule has 1 aromatic heterocycles. The lowest BCUT2D eigenvalue weighted by molar-refractivity contribution is -0.116. The molecule has 4 nitrogen and oxygen atoms in total. The quantitative estimate of drug-likeness (QED) is 0.887. The van der Waals surface area contributed by atoms with Crippen molar-refractivity contribution in [2.45, 2.75) is 20.3 Å². The maximum Gasteiger partial charge on any atom is 0.225 e. The highest BCUT2D eigenvalue weighted by Gasteiger charge is 2.07. The molecule has 0 saturated heterocycles. The van der Waals surface area contributed by atoms with Crippen molar-refractivity contribution < 1.29 is 4.79 Å². The molecule has 2 rings (SSSR count). The van der Waals surface area contributed by atoms with Crippen molar-refractivity contribution in [2.75, 3.05) is 26.0 Å². The van der Waals surface area contributed by atoms with Crippen LogP contribution in [0.5, 0.6) is 0 Å². The Balaban J connectivity index is 2.13. The van der Waals surface area contributed by atoms with Gasteiger partial charge >= 0.3 is 0 Å². The second kappa shape index (κ2) is 5.45. The molecule has 0 aliphatic rings. The second-order valence-electron chi connectivity index (χ2n) is 5.24. The molecule has 1 amide bonds. The minimum atomic E-state index is 0.0537. The van der Waals surface area contributed by atoms with Gasteiger partial charge in [0.15, 0.2) is 0 Å². The third kappa shape index (κ3) is 3.15. The van der Waals surface area contributed by atoms with Gasteiger partial charge in [-0.25, -0.2) is 0 Å². The van der Waals surface area contributed by atoms with Gasteiger partial charge in [0, 0.05) is 35.2 Å². The number of aryl methyl sites for hydroxylation is 2. The molecule has 1 aromatic carbocycles. The Morgan fingerprint density at radius 1 is 1.32 bits per heavy atom. The third-order valence-corrected chi connectivity index (χ3v) is 3.38. The Bertz CT molecular complexity index is 599. The molecule has 0 unspecified atom stereocenters. The van der Waals surface area contributed by atoms with E-state index in [4.69, 9.17) is 0 Å². The van der Waals surface area contributed by atoms with E-state index in [0.717, 1.165) is 17.7 Å². The van der Waals surface area contributed by atoms with Gasteiger partial charge in [0.2, 0.25) is 5.91 Å². The van der Waals surface area contributed by atoms with Crippen molar-refractivity contribution >= 4 is 22.5 Å². The summed E-state index contributed by atoms with van der Waals surface area (Å²) in [7, 11) is 3.93. The van der Waals surface area contributed by atoms with E-state index in [1.165, 1.54) is 16.6 Å². The maximum atomic E-state index is 11.8. The van der Waals surface area contributed by atoms with Crippen LogP contribution in [0.25, 0.3) is 10.9 Å². The fourth-order valence-electron chi connectivity index (χ4n) is 2.09. The predicted molar refractivity (Wildman–Crippen MR) is 79.6 cm³/mol. The lowest BCUT2D eigenvalue weighted by atomic mass is 10.1. The largest absolute Gasteiger partial charge is 0.358 e. The molecule has 0 bridgehead atoms. The number of hydrogen-bond donors (Lipinski definition) is 2. The van der Waals surface area contributed by atoms with E-state index in [-0.39, 0.29) is 5.91 Å². The Morgan fingerprint density at radius 3 is 2.74 bits per heavy atom. The van der Waals surface area contributed by atoms with Crippen LogP contribution in [0.3, 0.4) is 0 Å². The van der Waals surface area contributed by atoms with E-state index in [9.17, 15) is 4.79 Å². The number of H-pyrrole nitrogens is 1. The first-order valence-corrected chi connectivity index (χ1v) is 6.51. The zero-order chi connectivity index (χ0) is 14.0. The third-order valence-electron chi connectivity index (χ3n) is 3.38. The predicted octanol–water partition coefficient (Wildman–Crippen LogP) is 2.67. The van der Waals surface area contributed by atoms with Crippen LogP contribution in [0, 0.1) is 13.8 Å². The molecule has 2 aromatic rings. The van der Waals surface area contributed by atoms with Crippen LogP contribution in [-0.4, -0.2) is 36.4 Å². The van der Waals surface area contributed by atoms with Crippen LogP contribution >= 0.6 is 0 Å². The van der Waals surface area contributed by atoms with Crippen molar-refractivity contribution in [1.82, 2.24) is 9.88 Å². The molecule has 0 atom stereocenters. The molecule has 0 aliphatic carbocycles. The van der Waals surface area contributed by atoms with E-state index < -0.39 is 0 Å². The Labute approximate surface area is 113 Å². The van der Waals surface area contributed by atoms with Gasteiger partial charge in [0.25, 0.3) is 0 Å². The van der Waals surface area contributed by atoms with Gasteiger partial charge in [0.1, 0.15) is 0 Å². The summed E-state index contributed by atoms with van der Waals surface area (Å²) in [6, 6.07) is 5.98. The van der Waals surface area contributed by atoms with Gasteiger partial charge in [-0.05, 0) is 51.7 Å². The lowest BCUT2D eigenvalue weighted by Gasteiger charge is -2.09. The fraction of sp³-hybridized carbons (Fsp3) is 0.400. The van der Waals surface area contributed by atoms with E-state index in [1.54, 1.807) is 0 Å². The van der Waals surface area contributed by atoms with Gasteiger partial charge in [-0.1, -0.05) is 0 Å². The van der Waals surface area contributed by atoms with Gasteiger partial charge in [-0.2, -0.15) is 0 Å². The molecule has 0 fully saturated rings. The van der Waals surface area contributed by atoms with Crippen molar-refractivity contribution in [3.8, 4) is 0 Å². The number of aromatic nitrogens is 1.